The highest BCUT2D eigenvalue weighted by Crippen LogP contribution is 2.28. The molecule has 19 heavy (non-hydrogen) atoms. The van der Waals surface area contributed by atoms with Gasteiger partial charge < -0.3 is 10.1 Å². The number of hydrogen-bond acceptors (Lipinski definition) is 2. The zero-order chi connectivity index (χ0) is 14.5. The van der Waals surface area contributed by atoms with Gasteiger partial charge in [0.1, 0.15) is 5.82 Å². The fourth-order valence-corrected chi connectivity index (χ4v) is 2.14. The molecule has 0 saturated carbocycles. The molecular formula is C16H26FNO. The monoisotopic (exact) mass is 267 g/mol. The third-order valence-electron chi connectivity index (χ3n) is 3.51. The molecule has 1 atom stereocenters. The maximum Gasteiger partial charge on any atom is 0.123 e. The van der Waals surface area contributed by atoms with E-state index in [1.54, 1.807) is 0 Å². The Bertz CT molecular complexity index is 373. The molecule has 1 aromatic carbocycles. The standard InChI is InChI=1S/C16H26FNO/c1-6-18-15(11-19-12(2)3)16(4,5)13-7-9-14(17)10-8-13/h7-10,12,15,18H,6,11H2,1-5H3. The maximum absolute atomic E-state index is 13.0. The summed E-state index contributed by atoms with van der Waals surface area (Å²) in [5.74, 6) is -0.196. The van der Waals surface area contributed by atoms with Crippen LogP contribution in [0.15, 0.2) is 24.3 Å². The van der Waals surface area contributed by atoms with Gasteiger partial charge in [0, 0.05) is 11.5 Å². The summed E-state index contributed by atoms with van der Waals surface area (Å²) < 4.78 is 18.8. The highest BCUT2D eigenvalue weighted by Gasteiger charge is 2.31. The van der Waals surface area contributed by atoms with Crippen molar-refractivity contribution < 1.29 is 9.13 Å². The Hall–Kier alpha value is -0.930. The summed E-state index contributed by atoms with van der Waals surface area (Å²) in [7, 11) is 0. The van der Waals surface area contributed by atoms with E-state index in [4.69, 9.17) is 4.74 Å². The first-order chi connectivity index (χ1) is 8.87. The summed E-state index contributed by atoms with van der Waals surface area (Å²) in [4.78, 5) is 0. The van der Waals surface area contributed by atoms with Gasteiger partial charge in [0.25, 0.3) is 0 Å². The number of rotatable bonds is 7. The molecule has 0 amide bonds. The van der Waals surface area contributed by atoms with E-state index in [0.29, 0.717) is 6.61 Å². The van der Waals surface area contributed by atoms with Gasteiger partial charge in [0.2, 0.25) is 0 Å². The second kappa shape index (κ2) is 7.01. The summed E-state index contributed by atoms with van der Waals surface area (Å²) in [5, 5.41) is 3.47. The molecule has 0 aromatic heterocycles. The van der Waals surface area contributed by atoms with Crippen LogP contribution in [0.1, 0.15) is 40.2 Å². The lowest BCUT2D eigenvalue weighted by Crippen LogP contribution is -2.48. The zero-order valence-electron chi connectivity index (χ0n) is 12.7. The lowest BCUT2D eigenvalue weighted by molar-refractivity contribution is 0.0465. The fraction of sp³-hybridized carbons (Fsp3) is 0.625. The Morgan fingerprint density at radius 3 is 2.26 bits per heavy atom. The van der Waals surface area contributed by atoms with Gasteiger partial charge in [-0.1, -0.05) is 32.9 Å². The van der Waals surface area contributed by atoms with Crippen molar-refractivity contribution in [1.82, 2.24) is 5.32 Å². The minimum Gasteiger partial charge on any atom is -0.377 e. The normalized spacial score (nSPS) is 13.8. The molecule has 0 aliphatic heterocycles. The molecule has 2 nitrogen and oxygen atoms in total. The van der Waals surface area contributed by atoms with Crippen LogP contribution in [-0.2, 0) is 10.2 Å². The molecule has 0 saturated heterocycles. The molecule has 0 aliphatic carbocycles. The Morgan fingerprint density at radius 1 is 1.21 bits per heavy atom. The van der Waals surface area contributed by atoms with Gasteiger partial charge >= 0.3 is 0 Å². The number of ether oxygens (including phenoxy) is 1. The highest BCUT2D eigenvalue weighted by atomic mass is 19.1. The van der Waals surface area contributed by atoms with Gasteiger partial charge in [-0.3, -0.25) is 0 Å². The van der Waals surface area contributed by atoms with Crippen molar-refractivity contribution in [1.29, 1.82) is 0 Å². The first-order valence-electron chi connectivity index (χ1n) is 6.99. The lowest BCUT2D eigenvalue weighted by Gasteiger charge is -2.36. The Balaban J connectivity index is 2.87. The molecule has 1 aromatic rings. The molecule has 3 heteroatoms. The van der Waals surface area contributed by atoms with Crippen molar-refractivity contribution in [3.05, 3.63) is 35.6 Å². The van der Waals surface area contributed by atoms with Crippen molar-refractivity contribution in [2.24, 2.45) is 0 Å². The average Bonchev–Trinajstić information content (AvgIpc) is 2.34. The summed E-state index contributed by atoms with van der Waals surface area (Å²) >= 11 is 0. The van der Waals surface area contributed by atoms with Gasteiger partial charge in [-0.15, -0.1) is 0 Å². The van der Waals surface area contributed by atoms with E-state index >= 15 is 0 Å². The van der Waals surface area contributed by atoms with Gasteiger partial charge in [0.15, 0.2) is 0 Å². The number of halogens is 1. The minimum atomic E-state index is -0.196. The number of nitrogens with one attached hydrogen (secondary N) is 1. The van der Waals surface area contributed by atoms with Crippen LogP contribution >= 0.6 is 0 Å². The minimum absolute atomic E-state index is 0.113. The van der Waals surface area contributed by atoms with E-state index in [9.17, 15) is 4.39 Å². The maximum atomic E-state index is 13.0. The van der Waals surface area contributed by atoms with Crippen LogP contribution in [0.4, 0.5) is 4.39 Å². The summed E-state index contributed by atoms with van der Waals surface area (Å²) in [6.45, 7) is 12.0. The molecule has 0 fully saturated rings. The van der Waals surface area contributed by atoms with Crippen LogP contribution in [0.25, 0.3) is 0 Å². The predicted octanol–water partition coefficient (Wildman–Crippen LogP) is 3.51. The fourth-order valence-electron chi connectivity index (χ4n) is 2.14. The van der Waals surface area contributed by atoms with Gasteiger partial charge in [-0.05, 0) is 38.1 Å². The molecule has 1 rings (SSSR count). The van der Waals surface area contributed by atoms with Crippen molar-refractivity contribution in [2.75, 3.05) is 13.2 Å². The third kappa shape index (κ3) is 4.59. The van der Waals surface area contributed by atoms with Crippen LogP contribution < -0.4 is 5.32 Å². The second-order valence-corrected chi connectivity index (χ2v) is 5.72. The van der Waals surface area contributed by atoms with E-state index in [1.165, 1.54) is 12.1 Å². The molecule has 0 radical (unpaired) electrons. The number of benzene rings is 1. The molecular weight excluding hydrogens is 241 g/mol. The van der Waals surface area contributed by atoms with Crippen LogP contribution in [0.2, 0.25) is 0 Å². The molecule has 0 aliphatic rings. The van der Waals surface area contributed by atoms with Crippen molar-refractivity contribution in [3.8, 4) is 0 Å². The van der Waals surface area contributed by atoms with Gasteiger partial charge in [0.05, 0.1) is 12.7 Å². The van der Waals surface area contributed by atoms with Crippen molar-refractivity contribution in [2.45, 2.75) is 52.2 Å². The van der Waals surface area contributed by atoms with Gasteiger partial charge in [-0.2, -0.15) is 0 Å². The molecule has 1 N–H and O–H groups in total. The Labute approximate surface area is 116 Å². The highest BCUT2D eigenvalue weighted by molar-refractivity contribution is 5.26. The molecule has 1 unspecified atom stereocenters. The zero-order valence-corrected chi connectivity index (χ0v) is 12.7. The van der Waals surface area contributed by atoms with Crippen LogP contribution in [0.3, 0.4) is 0 Å². The smallest absolute Gasteiger partial charge is 0.123 e. The van der Waals surface area contributed by atoms with E-state index in [0.717, 1.165) is 12.1 Å². The quantitative estimate of drug-likeness (QED) is 0.816. The predicted molar refractivity (Wildman–Crippen MR) is 78.0 cm³/mol. The summed E-state index contributed by atoms with van der Waals surface area (Å²) in [6, 6.07) is 6.95. The molecule has 108 valence electrons. The second-order valence-electron chi connectivity index (χ2n) is 5.72. The largest absolute Gasteiger partial charge is 0.377 e. The third-order valence-corrected chi connectivity index (χ3v) is 3.51. The van der Waals surface area contributed by atoms with Crippen molar-refractivity contribution >= 4 is 0 Å². The number of likely N-dealkylation sites (N-methyl/N-ethyl adjacent to an activating group) is 1. The molecule has 0 bridgehead atoms. The lowest BCUT2D eigenvalue weighted by atomic mass is 9.78. The number of hydrogen-bond donors (Lipinski definition) is 1. The first kappa shape index (κ1) is 16.1. The van der Waals surface area contributed by atoms with Crippen molar-refractivity contribution in [3.63, 3.8) is 0 Å². The first-order valence-corrected chi connectivity index (χ1v) is 6.99. The Kier molecular flexibility index (Phi) is 5.95. The van der Waals surface area contributed by atoms with Crippen LogP contribution in [0.5, 0.6) is 0 Å². The van der Waals surface area contributed by atoms with Crippen LogP contribution in [0, 0.1) is 5.82 Å². The van der Waals surface area contributed by atoms with Gasteiger partial charge in [-0.25, -0.2) is 4.39 Å². The summed E-state index contributed by atoms with van der Waals surface area (Å²) in [6.07, 6.45) is 0.213. The molecule has 0 spiro atoms. The van der Waals surface area contributed by atoms with E-state index in [2.05, 4.69) is 26.1 Å². The Morgan fingerprint density at radius 2 is 1.79 bits per heavy atom. The average molecular weight is 267 g/mol. The molecule has 0 heterocycles. The van der Waals surface area contributed by atoms with E-state index in [1.807, 2.05) is 26.0 Å². The van der Waals surface area contributed by atoms with E-state index < -0.39 is 0 Å². The summed E-state index contributed by atoms with van der Waals surface area (Å²) in [5.41, 5.74) is 1.01. The van der Waals surface area contributed by atoms with Crippen LogP contribution in [-0.4, -0.2) is 25.3 Å². The topological polar surface area (TPSA) is 21.3 Å². The van der Waals surface area contributed by atoms with E-state index in [-0.39, 0.29) is 23.4 Å². The SMILES string of the molecule is CCNC(COC(C)C)C(C)(C)c1ccc(F)cc1.